The second kappa shape index (κ2) is 9.23. The average Bonchev–Trinajstić information content (AvgIpc) is 3.12. The highest BCUT2D eigenvalue weighted by atomic mass is 16.2. The van der Waals surface area contributed by atoms with Gasteiger partial charge in [-0.2, -0.15) is 0 Å². The second-order valence-electron chi connectivity index (χ2n) is 11.3. The summed E-state index contributed by atoms with van der Waals surface area (Å²) in [5, 5.41) is 0. The van der Waals surface area contributed by atoms with Crippen molar-refractivity contribution in [3.05, 3.63) is 107 Å². The molecule has 2 heterocycles. The molecule has 192 valence electrons. The summed E-state index contributed by atoms with van der Waals surface area (Å²) in [6.07, 6.45) is 4.50. The lowest BCUT2D eigenvalue weighted by molar-refractivity contribution is -0.151. The maximum absolute atomic E-state index is 14.4. The van der Waals surface area contributed by atoms with Crippen LogP contribution < -0.4 is 0 Å². The first kappa shape index (κ1) is 23.4. The molecule has 3 atom stereocenters. The van der Waals surface area contributed by atoms with Crippen molar-refractivity contribution in [1.29, 1.82) is 0 Å². The quantitative estimate of drug-likeness (QED) is 0.476. The molecule has 3 aliphatic carbocycles. The zero-order valence-corrected chi connectivity index (χ0v) is 21.5. The number of hydrogen-bond donors (Lipinski definition) is 0. The minimum atomic E-state index is -0.813. The third-order valence-corrected chi connectivity index (χ3v) is 9.27. The molecule has 0 radical (unpaired) electrons. The standard InChI is InChI=1S/C33H32N2O3/c36-31(34-18-10-1-2-11-19-34)26(20-21-12-4-3-5-13-21)35-32(37)29-27-22-14-6-7-15-23(22)28(30(29)33(35)38)25-17-9-8-16-24(25)27/h3-9,12-17,26-30H,1-2,10-11,18-20H2/t26-,27?,28?,29-,30+/m0/s1. The molecule has 3 aromatic carbocycles. The zero-order chi connectivity index (χ0) is 25.8. The van der Waals surface area contributed by atoms with Crippen LogP contribution in [-0.2, 0) is 20.8 Å². The van der Waals surface area contributed by atoms with Crippen molar-refractivity contribution < 1.29 is 14.4 Å². The molecule has 2 bridgehead atoms. The van der Waals surface area contributed by atoms with E-state index in [1.807, 2.05) is 59.5 Å². The Morgan fingerprint density at radius 3 is 1.58 bits per heavy atom. The van der Waals surface area contributed by atoms with Crippen molar-refractivity contribution in [2.24, 2.45) is 11.8 Å². The molecule has 0 spiro atoms. The minimum Gasteiger partial charge on any atom is -0.341 e. The summed E-state index contributed by atoms with van der Waals surface area (Å²) >= 11 is 0. The number of nitrogens with zero attached hydrogens (tertiary/aromatic N) is 2. The summed E-state index contributed by atoms with van der Waals surface area (Å²) in [5.74, 6) is -1.70. The number of amides is 3. The maximum atomic E-state index is 14.4. The molecule has 0 N–H and O–H groups in total. The molecule has 2 fully saturated rings. The fourth-order valence-electron chi connectivity index (χ4n) is 7.64. The lowest BCUT2D eigenvalue weighted by atomic mass is 9.55. The number of carbonyl (C=O) groups is 3. The van der Waals surface area contributed by atoms with E-state index in [0.29, 0.717) is 19.5 Å². The van der Waals surface area contributed by atoms with Crippen molar-refractivity contribution in [3.63, 3.8) is 0 Å². The summed E-state index contributed by atoms with van der Waals surface area (Å²) in [5.41, 5.74) is 5.57. The van der Waals surface area contributed by atoms with Crippen molar-refractivity contribution in [2.75, 3.05) is 13.1 Å². The van der Waals surface area contributed by atoms with Gasteiger partial charge in [0.1, 0.15) is 6.04 Å². The Hall–Kier alpha value is -3.73. The molecule has 3 aromatic rings. The fraction of sp³-hybridized carbons (Fsp3) is 0.364. The van der Waals surface area contributed by atoms with Gasteiger partial charge in [0.25, 0.3) is 0 Å². The van der Waals surface area contributed by atoms with Gasteiger partial charge in [0.15, 0.2) is 0 Å². The first-order valence-corrected chi connectivity index (χ1v) is 14.0. The second-order valence-corrected chi connectivity index (χ2v) is 11.3. The summed E-state index contributed by atoms with van der Waals surface area (Å²) < 4.78 is 0. The molecular formula is C33H32N2O3. The van der Waals surface area contributed by atoms with Gasteiger partial charge in [-0.1, -0.05) is 91.7 Å². The SMILES string of the molecule is O=C([C@H](Cc1ccccc1)N1C(=O)[C@@H]2C3c4ccccc4C(c4ccccc43)[C@@H]2C1=O)N1CCCCCC1. The number of benzene rings is 3. The highest BCUT2D eigenvalue weighted by Crippen LogP contribution is 2.61. The van der Waals surface area contributed by atoms with Gasteiger partial charge in [-0.3, -0.25) is 19.3 Å². The fourth-order valence-corrected chi connectivity index (χ4v) is 7.64. The van der Waals surface area contributed by atoms with Crippen LogP contribution >= 0.6 is 0 Å². The van der Waals surface area contributed by atoms with Gasteiger partial charge in [-0.25, -0.2) is 0 Å². The predicted octanol–water partition coefficient (Wildman–Crippen LogP) is 4.89. The van der Waals surface area contributed by atoms with Crippen LogP contribution in [0.1, 0.15) is 65.3 Å². The third kappa shape index (κ3) is 3.48. The van der Waals surface area contributed by atoms with Crippen LogP contribution in [-0.4, -0.2) is 46.7 Å². The molecule has 8 rings (SSSR count). The van der Waals surface area contributed by atoms with Crippen LogP contribution in [0.2, 0.25) is 0 Å². The van der Waals surface area contributed by atoms with Crippen LogP contribution in [0.25, 0.3) is 0 Å². The number of carbonyl (C=O) groups excluding carboxylic acids is 3. The van der Waals surface area contributed by atoms with Crippen LogP contribution in [0.4, 0.5) is 0 Å². The smallest absolute Gasteiger partial charge is 0.246 e. The van der Waals surface area contributed by atoms with E-state index < -0.39 is 17.9 Å². The van der Waals surface area contributed by atoms with E-state index in [4.69, 9.17) is 0 Å². The first-order valence-electron chi connectivity index (χ1n) is 14.0. The van der Waals surface area contributed by atoms with E-state index in [2.05, 4.69) is 24.3 Å². The van der Waals surface area contributed by atoms with Gasteiger partial charge in [0.05, 0.1) is 11.8 Å². The summed E-state index contributed by atoms with van der Waals surface area (Å²) in [6.45, 7) is 1.38. The molecule has 0 saturated carbocycles. The normalized spacial score (nSPS) is 26.4. The van der Waals surface area contributed by atoms with Crippen molar-refractivity contribution >= 4 is 17.7 Å². The summed E-state index contributed by atoms with van der Waals surface area (Å²) in [4.78, 5) is 46.2. The van der Waals surface area contributed by atoms with Crippen LogP contribution in [0.5, 0.6) is 0 Å². The van der Waals surface area contributed by atoms with Gasteiger partial charge in [0.2, 0.25) is 17.7 Å². The van der Waals surface area contributed by atoms with Crippen molar-refractivity contribution in [1.82, 2.24) is 9.80 Å². The van der Waals surface area contributed by atoms with Crippen molar-refractivity contribution in [2.45, 2.75) is 50.0 Å². The topological polar surface area (TPSA) is 57.7 Å². The van der Waals surface area contributed by atoms with Crippen LogP contribution in [0, 0.1) is 11.8 Å². The highest BCUT2D eigenvalue weighted by molar-refractivity contribution is 6.10. The van der Waals surface area contributed by atoms with E-state index in [0.717, 1.165) is 53.5 Å². The van der Waals surface area contributed by atoms with Gasteiger partial charge in [-0.15, -0.1) is 0 Å². The molecule has 38 heavy (non-hydrogen) atoms. The average molecular weight is 505 g/mol. The number of imide groups is 1. The zero-order valence-electron chi connectivity index (χ0n) is 21.5. The number of rotatable bonds is 4. The monoisotopic (exact) mass is 504 g/mol. The lowest BCUT2D eigenvalue weighted by Gasteiger charge is -2.45. The van der Waals surface area contributed by atoms with E-state index >= 15 is 0 Å². The summed E-state index contributed by atoms with van der Waals surface area (Å²) in [6, 6.07) is 25.6. The first-order chi connectivity index (χ1) is 18.6. The van der Waals surface area contributed by atoms with E-state index in [1.54, 1.807) is 0 Å². The predicted molar refractivity (Wildman–Crippen MR) is 144 cm³/mol. The van der Waals surface area contributed by atoms with Gasteiger partial charge in [-0.05, 0) is 40.7 Å². The Kier molecular flexibility index (Phi) is 5.68. The Morgan fingerprint density at radius 1 is 0.658 bits per heavy atom. The van der Waals surface area contributed by atoms with Gasteiger partial charge < -0.3 is 4.90 Å². The number of likely N-dealkylation sites (tertiary alicyclic amines) is 2. The molecule has 0 unspecified atom stereocenters. The summed E-state index contributed by atoms with van der Waals surface area (Å²) in [7, 11) is 0. The van der Waals surface area contributed by atoms with Crippen LogP contribution in [0.15, 0.2) is 78.9 Å². The maximum Gasteiger partial charge on any atom is 0.246 e. The van der Waals surface area contributed by atoms with Crippen LogP contribution in [0.3, 0.4) is 0 Å². The van der Waals surface area contributed by atoms with Gasteiger partial charge in [0, 0.05) is 31.3 Å². The minimum absolute atomic E-state index is 0.0847. The molecule has 3 amide bonds. The lowest BCUT2D eigenvalue weighted by Crippen LogP contribution is -2.52. The molecular weight excluding hydrogens is 472 g/mol. The largest absolute Gasteiger partial charge is 0.341 e. The Morgan fingerprint density at radius 2 is 1.11 bits per heavy atom. The van der Waals surface area contributed by atoms with Gasteiger partial charge >= 0.3 is 0 Å². The molecule has 0 aromatic heterocycles. The number of hydrogen-bond acceptors (Lipinski definition) is 3. The van der Waals surface area contributed by atoms with Crippen molar-refractivity contribution in [3.8, 4) is 0 Å². The van der Waals surface area contributed by atoms with E-state index in [9.17, 15) is 14.4 Å². The third-order valence-electron chi connectivity index (χ3n) is 9.27. The molecule has 5 heteroatoms. The van der Waals surface area contributed by atoms with E-state index in [1.165, 1.54) is 4.90 Å². The molecule has 2 saturated heterocycles. The highest BCUT2D eigenvalue weighted by Gasteiger charge is 2.63. The Labute approximate surface area is 223 Å². The molecule has 5 nitrogen and oxygen atoms in total. The molecule has 2 aliphatic heterocycles. The van der Waals surface area contributed by atoms with E-state index in [-0.39, 0.29) is 29.6 Å². The molecule has 5 aliphatic rings. The Bertz CT molecular complexity index is 1290. The Balaban J connectivity index is 1.32.